The van der Waals surface area contributed by atoms with Gasteiger partial charge in [0.1, 0.15) is 5.82 Å². The first-order valence-corrected chi connectivity index (χ1v) is 11.1. The number of nitrogens with one attached hydrogen (secondary N) is 1. The maximum absolute atomic E-state index is 13.1. The molecule has 8 heteroatoms. The number of hydrogen-bond acceptors (Lipinski definition) is 4. The Balaban J connectivity index is 1.55. The topological polar surface area (TPSA) is 69.7 Å². The third-order valence-corrected chi connectivity index (χ3v) is 6.96. The van der Waals surface area contributed by atoms with Gasteiger partial charge in [-0.25, -0.2) is 12.8 Å². The number of rotatable bonds is 6. The first-order chi connectivity index (χ1) is 13.9. The van der Waals surface area contributed by atoms with Crippen molar-refractivity contribution < 1.29 is 17.6 Å². The Hall–Kier alpha value is -2.29. The lowest BCUT2D eigenvalue weighted by atomic mass is 10.1. The van der Waals surface area contributed by atoms with E-state index < -0.39 is 15.8 Å². The van der Waals surface area contributed by atoms with Crippen LogP contribution >= 0.6 is 0 Å². The van der Waals surface area contributed by atoms with Gasteiger partial charge in [-0.15, -0.1) is 0 Å². The van der Waals surface area contributed by atoms with Crippen molar-refractivity contribution in [2.24, 2.45) is 0 Å². The molecule has 1 saturated heterocycles. The number of carbonyl (C=O) groups excluding carboxylic acids is 1. The van der Waals surface area contributed by atoms with Crippen molar-refractivity contribution in [1.29, 1.82) is 0 Å². The molecule has 1 aliphatic heterocycles. The van der Waals surface area contributed by atoms with Gasteiger partial charge in [0.15, 0.2) is 0 Å². The summed E-state index contributed by atoms with van der Waals surface area (Å²) >= 11 is 0. The first-order valence-electron chi connectivity index (χ1n) is 9.68. The highest BCUT2D eigenvalue weighted by molar-refractivity contribution is 7.89. The third-order valence-electron chi connectivity index (χ3n) is 5.04. The second-order valence-electron chi connectivity index (χ2n) is 7.19. The van der Waals surface area contributed by atoms with Crippen molar-refractivity contribution in [2.75, 3.05) is 32.7 Å². The summed E-state index contributed by atoms with van der Waals surface area (Å²) in [5, 5.41) is 2.99. The van der Waals surface area contributed by atoms with E-state index >= 15 is 0 Å². The van der Waals surface area contributed by atoms with Crippen LogP contribution in [0.5, 0.6) is 0 Å². The number of nitrogens with zero attached hydrogens (tertiary/aromatic N) is 2. The van der Waals surface area contributed by atoms with Crippen LogP contribution in [0.25, 0.3) is 0 Å². The zero-order valence-corrected chi connectivity index (χ0v) is 17.2. The molecule has 2 aromatic rings. The Bertz CT molecular complexity index is 920. The van der Waals surface area contributed by atoms with Gasteiger partial charge in [0, 0.05) is 19.6 Å². The van der Waals surface area contributed by atoms with Crippen LogP contribution in [0.2, 0.25) is 0 Å². The minimum Gasteiger partial charge on any atom is -0.348 e. The van der Waals surface area contributed by atoms with Gasteiger partial charge < -0.3 is 5.32 Å². The van der Waals surface area contributed by atoms with Gasteiger partial charge in [-0.2, -0.15) is 4.31 Å². The molecule has 1 aliphatic rings. The van der Waals surface area contributed by atoms with Crippen molar-refractivity contribution in [3.05, 3.63) is 66.0 Å². The molecule has 0 radical (unpaired) electrons. The molecule has 2 aromatic carbocycles. The lowest BCUT2D eigenvalue weighted by Gasteiger charge is -2.22. The molecule has 0 bridgehead atoms. The number of carbonyl (C=O) groups is 1. The average Bonchev–Trinajstić information content (AvgIpc) is 2.95. The molecular formula is C21H26FN3O3S. The zero-order valence-electron chi connectivity index (χ0n) is 16.4. The second-order valence-corrected chi connectivity index (χ2v) is 9.13. The highest BCUT2D eigenvalue weighted by Gasteiger charge is 2.27. The van der Waals surface area contributed by atoms with E-state index in [0.29, 0.717) is 32.6 Å². The zero-order chi connectivity index (χ0) is 20.9. The number of benzene rings is 2. The standard InChI is InChI=1S/C21H26FN3O3S/c1-17(18-6-3-2-4-7-18)23-21(26)16-24-12-5-13-25(15-14-24)29(27,28)20-10-8-19(22)9-11-20/h2-4,6-11,17H,5,12-16H2,1H3,(H,23,26). The molecule has 29 heavy (non-hydrogen) atoms. The SMILES string of the molecule is CC(NC(=O)CN1CCCN(S(=O)(=O)c2ccc(F)cc2)CC1)c1ccccc1. The van der Waals surface area contributed by atoms with E-state index in [9.17, 15) is 17.6 Å². The summed E-state index contributed by atoms with van der Waals surface area (Å²) in [6.45, 7) is 3.93. The van der Waals surface area contributed by atoms with Gasteiger partial charge in [-0.1, -0.05) is 30.3 Å². The van der Waals surface area contributed by atoms with Crippen LogP contribution in [0.15, 0.2) is 59.5 Å². The first kappa shape index (κ1) is 21.4. The predicted octanol–water partition coefficient (Wildman–Crippen LogP) is 2.40. The van der Waals surface area contributed by atoms with Crippen LogP contribution in [0.4, 0.5) is 4.39 Å². The van der Waals surface area contributed by atoms with Crippen molar-refractivity contribution >= 4 is 15.9 Å². The molecule has 156 valence electrons. The minimum atomic E-state index is -3.67. The van der Waals surface area contributed by atoms with Crippen LogP contribution in [0.3, 0.4) is 0 Å². The van der Waals surface area contributed by atoms with E-state index in [4.69, 9.17) is 0 Å². The van der Waals surface area contributed by atoms with Crippen LogP contribution in [0.1, 0.15) is 24.9 Å². The number of sulfonamides is 1. The number of amides is 1. The normalized spacial score (nSPS) is 17.4. The van der Waals surface area contributed by atoms with E-state index in [2.05, 4.69) is 5.32 Å². The second kappa shape index (κ2) is 9.47. The van der Waals surface area contributed by atoms with Crippen molar-refractivity contribution in [2.45, 2.75) is 24.3 Å². The highest BCUT2D eigenvalue weighted by atomic mass is 32.2. The van der Waals surface area contributed by atoms with E-state index in [1.807, 2.05) is 42.2 Å². The maximum Gasteiger partial charge on any atom is 0.243 e. The van der Waals surface area contributed by atoms with Gasteiger partial charge in [0.05, 0.1) is 17.5 Å². The summed E-state index contributed by atoms with van der Waals surface area (Å²) in [7, 11) is -3.67. The molecule has 1 atom stereocenters. The summed E-state index contributed by atoms with van der Waals surface area (Å²) in [6.07, 6.45) is 0.627. The van der Waals surface area contributed by atoms with E-state index in [0.717, 1.165) is 17.7 Å². The maximum atomic E-state index is 13.1. The molecule has 1 unspecified atom stereocenters. The van der Waals surface area contributed by atoms with E-state index in [1.165, 1.54) is 16.4 Å². The fraction of sp³-hybridized carbons (Fsp3) is 0.381. The van der Waals surface area contributed by atoms with Gasteiger partial charge >= 0.3 is 0 Å². The van der Waals surface area contributed by atoms with Gasteiger partial charge in [0.2, 0.25) is 15.9 Å². The smallest absolute Gasteiger partial charge is 0.243 e. The summed E-state index contributed by atoms with van der Waals surface area (Å²) in [5.41, 5.74) is 1.04. The van der Waals surface area contributed by atoms with Crippen molar-refractivity contribution in [3.8, 4) is 0 Å². The van der Waals surface area contributed by atoms with Crippen LogP contribution < -0.4 is 5.32 Å². The molecule has 6 nitrogen and oxygen atoms in total. The Labute approximate surface area is 171 Å². The Kier molecular flexibility index (Phi) is 7.00. The van der Waals surface area contributed by atoms with Gasteiger partial charge in [-0.3, -0.25) is 9.69 Å². The molecule has 1 fully saturated rings. The molecule has 1 N–H and O–H groups in total. The molecule has 0 aromatic heterocycles. The molecule has 3 rings (SSSR count). The van der Waals surface area contributed by atoms with E-state index in [1.54, 1.807) is 0 Å². The lowest BCUT2D eigenvalue weighted by Crippen LogP contribution is -2.40. The molecular weight excluding hydrogens is 393 g/mol. The average molecular weight is 420 g/mol. The quantitative estimate of drug-likeness (QED) is 0.781. The Morgan fingerprint density at radius 1 is 1.03 bits per heavy atom. The summed E-state index contributed by atoms with van der Waals surface area (Å²) < 4.78 is 40.1. The highest BCUT2D eigenvalue weighted by Crippen LogP contribution is 2.18. The summed E-state index contributed by atoms with van der Waals surface area (Å²) in [5.74, 6) is -0.557. The van der Waals surface area contributed by atoms with Crippen LogP contribution in [-0.4, -0.2) is 56.3 Å². The monoisotopic (exact) mass is 419 g/mol. The fourth-order valence-corrected chi connectivity index (χ4v) is 4.89. The lowest BCUT2D eigenvalue weighted by molar-refractivity contribution is -0.122. The molecule has 0 aliphatic carbocycles. The van der Waals surface area contributed by atoms with Gasteiger partial charge in [-0.05, 0) is 49.7 Å². The minimum absolute atomic E-state index is 0.0850. The van der Waals surface area contributed by atoms with Crippen molar-refractivity contribution in [3.63, 3.8) is 0 Å². The Morgan fingerprint density at radius 2 is 1.72 bits per heavy atom. The molecule has 0 saturated carbocycles. The summed E-state index contributed by atoms with van der Waals surface area (Å²) in [4.78, 5) is 14.5. The molecule has 1 heterocycles. The Morgan fingerprint density at radius 3 is 2.41 bits per heavy atom. The third kappa shape index (κ3) is 5.62. The predicted molar refractivity (Wildman–Crippen MR) is 109 cm³/mol. The largest absolute Gasteiger partial charge is 0.348 e. The van der Waals surface area contributed by atoms with Gasteiger partial charge in [0.25, 0.3) is 0 Å². The number of halogens is 1. The number of hydrogen-bond donors (Lipinski definition) is 1. The van der Waals surface area contributed by atoms with Crippen LogP contribution in [-0.2, 0) is 14.8 Å². The van der Waals surface area contributed by atoms with E-state index in [-0.39, 0.29) is 23.4 Å². The summed E-state index contributed by atoms with van der Waals surface area (Å²) in [6, 6.07) is 14.5. The van der Waals surface area contributed by atoms with Crippen molar-refractivity contribution in [1.82, 2.24) is 14.5 Å². The molecule has 1 amide bonds. The van der Waals surface area contributed by atoms with Crippen LogP contribution in [0, 0.1) is 5.82 Å². The fourth-order valence-electron chi connectivity index (χ4n) is 3.42. The molecule has 0 spiro atoms.